The number of thiophene rings is 1. The molecule has 2 rings (SSSR count). The van der Waals surface area contributed by atoms with Crippen molar-refractivity contribution in [2.75, 3.05) is 33.9 Å². The molecule has 1 fully saturated rings. The van der Waals surface area contributed by atoms with Gasteiger partial charge in [-0.3, -0.25) is 0 Å². The minimum absolute atomic E-state index is 0.295. The predicted molar refractivity (Wildman–Crippen MR) is 83.5 cm³/mol. The van der Waals surface area contributed by atoms with Crippen LogP contribution in [0.3, 0.4) is 0 Å². The minimum atomic E-state index is -3.40. The molecule has 20 heavy (non-hydrogen) atoms. The van der Waals surface area contributed by atoms with Crippen molar-refractivity contribution in [3.63, 3.8) is 0 Å². The highest BCUT2D eigenvalue weighted by Gasteiger charge is 2.34. The van der Waals surface area contributed by atoms with E-state index in [0.29, 0.717) is 40.8 Å². The van der Waals surface area contributed by atoms with Gasteiger partial charge >= 0.3 is 0 Å². The maximum Gasteiger partial charge on any atom is 0.245 e. The zero-order chi connectivity index (χ0) is 14.8. The number of sulfonamides is 1. The Morgan fingerprint density at radius 2 is 2.35 bits per heavy atom. The Labute approximate surface area is 132 Å². The first kappa shape index (κ1) is 16.4. The monoisotopic (exact) mass is 382 g/mol. The first-order valence-electron chi connectivity index (χ1n) is 6.41. The van der Waals surface area contributed by atoms with Gasteiger partial charge in [0.2, 0.25) is 10.0 Å². The van der Waals surface area contributed by atoms with Gasteiger partial charge < -0.3 is 10.1 Å². The van der Waals surface area contributed by atoms with Crippen molar-refractivity contribution in [2.45, 2.75) is 17.9 Å². The lowest BCUT2D eigenvalue weighted by Gasteiger charge is -2.16. The van der Waals surface area contributed by atoms with Crippen molar-refractivity contribution in [3.05, 3.63) is 14.7 Å². The number of methoxy groups -OCH3 is 1. The van der Waals surface area contributed by atoms with Crippen LogP contribution in [0.1, 0.15) is 11.3 Å². The minimum Gasteiger partial charge on any atom is -0.384 e. The van der Waals surface area contributed by atoms with E-state index >= 15 is 0 Å². The maximum atomic E-state index is 12.7. The summed E-state index contributed by atoms with van der Waals surface area (Å²) in [7, 11) is 0.0898. The van der Waals surface area contributed by atoms with Crippen molar-refractivity contribution in [3.8, 4) is 0 Å². The zero-order valence-electron chi connectivity index (χ0n) is 11.6. The fourth-order valence-corrected chi connectivity index (χ4v) is 6.54. The average molecular weight is 383 g/mol. The first-order valence-corrected chi connectivity index (χ1v) is 9.46. The molecule has 114 valence electrons. The lowest BCUT2D eigenvalue weighted by atomic mass is 10.1. The molecule has 1 aliphatic heterocycles. The van der Waals surface area contributed by atoms with Crippen LogP contribution in [0, 0.1) is 5.92 Å². The summed E-state index contributed by atoms with van der Waals surface area (Å²) >= 11 is 4.84. The van der Waals surface area contributed by atoms with Crippen LogP contribution >= 0.6 is 27.3 Å². The largest absolute Gasteiger partial charge is 0.384 e. The number of ether oxygens (including phenoxy) is 1. The number of nitrogens with zero attached hydrogens (tertiary/aromatic N) is 1. The van der Waals surface area contributed by atoms with Crippen LogP contribution in [0.2, 0.25) is 0 Å². The number of nitrogens with one attached hydrogen (secondary N) is 1. The van der Waals surface area contributed by atoms with Gasteiger partial charge in [0.1, 0.15) is 4.90 Å². The van der Waals surface area contributed by atoms with Gasteiger partial charge in [0, 0.05) is 31.6 Å². The summed E-state index contributed by atoms with van der Waals surface area (Å²) in [5.74, 6) is 0.295. The number of halogens is 1. The van der Waals surface area contributed by atoms with E-state index in [-0.39, 0.29) is 0 Å². The topological polar surface area (TPSA) is 58.6 Å². The molecular formula is C12H19BrN2O3S2. The van der Waals surface area contributed by atoms with E-state index in [4.69, 9.17) is 4.74 Å². The normalized spacial score (nSPS) is 20.6. The number of hydrogen-bond donors (Lipinski definition) is 1. The summed E-state index contributed by atoms with van der Waals surface area (Å²) in [6, 6.07) is 1.75. The van der Waals surface area contributed by atoms with E-state index in [9.17, 15) is 8.42 Å². The van der Waals surface area contributed by atoms with Crippen molar-refractivity contribution in [1.29, 1.82) is 0 Å². The molecule has 0 aliphatic carbocycles. The molecule has 0 saturated carbocycles. The summed E-state index contributed by atoms with van der Waals surface area (Å²) in [4.78, 5) is 1.39. The fraction of sp³-hybridized carbons (Fsp3) is 0.667. The Hall–Kier alpha value is 0.01000. The van der Waals surface area contributed by atoms with Crippen LogP contribution in [0.4, 0.5) is 0 Å². The van der Waals surface area contributed by atoms with Gasteiger partial charge in [-0.25, -0.2) is 8.42 Å². The van der Waals surface area contributed by atoms with Crippen molar-refractivity contribution in [1.82, 2.24) is 9.62 Å². The molecule has 1 aliphatic rings. The molecule has 0 aromatic carbocycles. The smallest absolute Gasteiger partial charge is 0.245 e. The van der Waals surface area contributed by atoms with Crippen LogP contribution in [-0.2, 0) is 21.3 Å². The van der Waals surface area contributed by atoms with Crippen LogP contribution in [0.25, 0.3) is 0 Å². The second-order valence-electron chi connectivity index (χ2n) is 4.85. The van der Waals surface area contributed by atoms with Crippen molar-refractivity contribution < 1.29 is 13.2 Å². The molecule has 0 spiro atoms. The van der Waals surface area contributed by atoms with E-state index in [2.05, 4.69) is 21.2 Å². The highest BCUT2D eigenvalue weighted by molar-refractivity contribution is 9.11. The molecule has 1 N–H and O–H groups in total. The van der Waals surface area contributed by atoms with Gasteiger partial charge in [0.25, 0.3) is 0 Å². The summed E-state index contributed by atoms with van der Waals surface area (Å²) < 4.78 is 32.7. The van der Waals surface area contributed by atoms with Gasteiger partial charge in [-0.2, -0.15) is 4.31 Å². The molecule has 0 radical (unpaired) electrons. The Morgan fingerprint density at radius 3 is 3.00 bits per heavy atom. The lowest BCUT2D eigenvalue weighted by molar-refractivity contribution is 0.157. The third-order valence-electron chi connectivity index (χ3n) is 3.33. The van der Waals surface area contributed by atoms with Gasteiger partial charge in [-0.1, -0.05) is 0 Å². The molecule has 5 nitrogen and oxygen atoms in total. The fourth-order valence-electron chi connectivity index (χ4n) is 2.36. The van der Waals surface area contributed by atoms with Crippen LogP contribution in [0.15, 0.2) is 14.7 Å². The summed E-state index contributed by atoms with van der Waals surface area (Å²) in [5, 5.41) is 3.03. The summed E-state index contributed by atoms with van der Waals surface area (Å²) in [6.45, 7) is 2.40. The van der Waals surface area contributed by atoms with Gasteiger partial charge in [-0.05, 0) is 41.4 Å². The second kappa shape index (κ2) is 6.85. The van der Waals surface area contributed by atoms with E-state index < -0.39 is 10.0 Å². The molecular weight excluding hydrogens is 364 g/mol. The molecule has 1 aromatic heterocycles. The standard InChI is InChI=1S/C12H19BrN2O3S2/c1-14-6-10-5-11(12(13)19-10)20(16,17)15-4-3-9(7-15)8-18-2/h5,9,14H,3-4,6-8H2,1-2H3. The van der Waals surface area contributed by atoms with Gasteiger partial charge in [0.05, 0.1) is 10.4 Å². The Kier molecular flexibility index (Phi) is 5.61. The highest BCUT2D eigenvalue weighted by Crippen LogP contribution is 2.35. The molecule has 2 heterocycles. The second-order valence-corrected chi connectivity index (χ2v) is 9.22. The summed E-state index contributed by atoms with van der Waals surface area (Å²) in [5.41, 5.74) is 0. The average Bonchev–Trinajstić information content (AvgIpc) is 2.98. The molecule has 1 unspecified atom stereocenters. The van der Waals surface area contributed by atoms with E-state index in [1.54, 1.807) is 17.5 Å². The molecule has 0 amide bonds. The third-order valence-corrected chi connectivity index (χ3v) is 7.44. The zero-order valence-corrected chi connectivity index (χ0v) is 14.8. The highest BCUT2D eigenvalue weighted by atomic mass is 79.9. The molecule has 0 bridgehead atoms. The van der Waals surface area contributed by atoms with Crippen LogP contribution in [-0.4, -0.2) is 46.6 Å². The summed E-state index contributed by atoms with van der Waals surface area (Å²) in [6.07, 6.45) is 0.859. The SMILES string of the molecule is CNCc1cc(S(=O)(=O)N2CCC(COC)C2)c(Br)s1. The molecule has 1 atom stereocenters. The van der Waals surface area contributed by atoms with E-state index in [0.717, 1.165) is 11.3 Å². The molecule has 1 saturated heterocycles. The van der Waals surface area contributed by atoms with Gasteiger partial charge in [-0.15, -0.1) is 11.3 Å². The molecule has 1 aromatic rings. The Balaban J connectivity index is 2.18. The van der Waals surface area contributed by atoms with Crippen molar-refractivity contribution in [2.24, 2.45) is 5.92 Å². The predicted octanol–water partition coefficient (Wildman–Crippen LogP) is 1.89. The van der Waals surface area contributed by atoms with Gasteiger partial charge in [0.15, 0.2) is 0 Å². The first-order chi connectivity index (χ1) is 9.48. The van der Waals surface area contributed by atoms with E-state index in [1.807, 2.05) is 7.05 Å². The maximum absolute atomic E-state index is 12.7. The van der Waals surface area contributed by atoms with Crippen LogP contribution < -0.4 is 5.32 Å². The quantitative estimate of drug-likeness (QED) is 0.815. The lowest BCUT2D eigenvalue weighted by Crippen LogP contribution is -2.29. The van der Waals surface area contributed by atoms with Crippen molar-refractivity contribution >= 4 is 37.3 Å². The number of hydrogen-bond acceptors (Lipinski definition) is 5. The van der Waals surface area contributed by atoms with E-state index in [1.165, 1.54) is 11.3 Å². The number of rotatable bonds is 6. The Morgan fingerprint density at radius 1 is 1.60 bits per heavy atom. The third kappa shape index (κ3) is 3.42. The van der Waals surface area contributed by atoms with Crippen LogP contribution in [0.5, 0.6) is 0 Å². The Bertz CT molecular complexity index is 559. The molecule has 8 heteroatoms.